The van der Waals surface area contributed by atoms with Gasteiger partial charge in [0.25, 0.3) is 0 Å². The van der Waals surface area contributed by atoms with Crippen LogP contribution in [0, 0.1) is 0 Å². The van der Waals surface area contributed by atoms with Gasteiger partial charge in [-0.15, -0.1) is 11.8 Å². The van der Waals surface area contributed by atoms with Crippen molar-refractivity contribution in [3.05, 3.63) is 24.3 Å². The van der Waals surface area contributed by atoms with E-state index in [1.54, 1.807) is 11.8 Å². The smallest absolute Gasteiger partial charge is 0.241 e. The lowest BCUT2D eigenvalue weighted by Gasteiger charge is -2.31. The highest BCUT2D eigenvalue weighted by atomic mass is 32.2. The van der Waals surface area contributed by atoms with E-state index in [9.17, 15) is 4.79 Å². The average Bonchev–Trinajstić information content (AvgIpc) is 2.52. The van der Waals surface area contributed by atoms with Crippen LogP contribution in [0.1, 0.15) is 19.8 Å². The van der Waals surface area contributed by atoms with E-state index in [0.29, 0.717) is 13.1 Å². The Morgan fingerprint density at radius 2 is 2.19 bits per heavy atom. The lowest BCUT2D eigenvalue weighted by molar-refractivity contribution is -0.119. The number of anilines is 1. The van der Waals surface area contributed by atoms with Gasteiger partial charge in [-0.2, -0.15) is 0 Å². The molecular weight excluding hydrogens is 284 g/mol. The molecule has 4 nitrogen and oxygen atoms in total. The van der Waals surface area contributed by atoms with Crippen LogP contribution in [0.25, 0.3) is 0 Å². The Balaban J connectivity index is 2.02. The summed E-state index contributed by atoms with van der Waals surface area (Å²) in [5, 5.41) is 9.15. The molecule has 0 saturated carbocycles. The van der Waals surface area contributed by atoms with Gasteiger partial charge in [-0.05, 0) is 25.1 Å². The number of rotatable bonds is 7. The van der Waals surface area contributed by atoms with Crippen molar-refractivity contribution in [1.82, 2.24) is 4.90 Å². The van der Waals surface area contributed by atoms with E-state index in [-0.39, 0.29) is 12.5 Å². The number of carbonyl (C=O) groups is 1. The fourth-order valence-corrected chi connectivity index (χ4v) is 3.49. The maximum atomic E-state index is 12.6. The summed E-state index contributed by atoms with van der Waals surface area (Å²) >= 11 is 1.81. The number of benzene rings is 1. The molecule has 0 fully saturated rings. The number of carbonyl (C=O) groups excluding carboxylic acids is 1. The molecule has 0 spiro atoms. The summed E-state index contributed by atoms with van der Waals surface area (Å²) in [6, 6.07) is 8.08. The molecule has 1 aliphatic heterocycles. The average molecular weight is 308 g/mol. The van der Waals surface area contributed by atoms with Crippen molar-refractivity contribution < 1.29 is 9.90 Å². The lowest BCUT2D eigenvalue weighted by Crippen LogP contribution is -2.43. The van der Waals surface area contributed by atoms with Crippen LogP contribution in [-0.2, 0) is 4.79 Å². The summed E-state index contributed by atoms with van der Waals surface area (Å²) in [7, 11) is 0. The van der Waals surface area contributed by atoms with Gasteiger partial charge in [0.05, 0.1) is 18.8 Å². The minimum absolute atomic E-state index is 0.101. The monoisotopic (exact) mass is 308 g/mol. The fraction of sp³-hybridized carbons (Fsp3) is 0.562. The molecule has 116 valence electrons. The third-order valence-electron chi connectivity index (χ3n) is 3.63. The Labute approximate surface area is 131 Å². The molecule has 0 bridgehead atoms. The van der Waals surface area contributed by atoms with E-state index in [2.05, 4.69) is 17.9 Å². The number of aliphatic hydroxyl groups excluding tert-OH is 1. The number of fused-ring (bicyclic) bond motifs is 1. The Morgan fingerprint density at radius 1 is 1.38 bits per heavy atom. The standard InChI is InChI=1S/C16H24N2O2S/c1-2-3-8-17(9-11-19)13-16(20)18-10-12-21-15-7-5-4-6-14(15)18/h4-7,19H,2-3,8-13H2,1H3. The Hall–Kier alpha value is -1.04. The Bertz CT molecular complexity index is 467. The molecule has 0 aliphatic carbocycles. The van der Waals surface area contributed by atoms with Gasteiger partial charge >= 0.3 is 0 Å². The molecule has 2 rings (SSSR count). The number of hydrogen-bond acceptors (Lipinski definition) is 4. The van der Waals surface area contributed by atoms with Crippen molar-refractivity contribution in [2.45, 2.75) is 24.7 Å². The molecule has 1 aromatic rings. The first-order chi connectivity index (χ1) is 10.3. The molecular formula is C16H24N2O2S. The van der Waals surface area contributed by atoms with Gasteiger partial charge in [0.15, 0.2) is 0 Å². The third-order valence-corrected chi connectivity index (χ3v) is 4.68. The van der Waals surface area contributed by atoms with Gasteiger partial charge in [-0.1, -0.05) is 25.5 Å². The van der Waals surface area contributed by atoms with E-state index in [4.69, 9.17) is 5.11 Å². The fourth-order valence-electron chi connectivity index (χ4n) is 2.50. The van der Waals surface area contributed by atoms with E-state index in [1.165, 1.54) is 4.90 Å². The summed E-state index contributed by atoms with van der Waals surface area (Å²) in [5.74, 6) is 1.07. The number of thioether (sulfide) groups is 1. The second kappa shape index (κ2) is 8.41. The molecule has 1 N–H and O–H groups in total. The van der Waals surface area contributed by atoms with Crippen molar-refractivity contribution in [3.8, 4) is 0 Å². The summed E-state index contributed by atoms with van der Waals surface area (Å²) < 4.78 is 0. The minimum atomic E-state index is 0.101. The van der Waals surface area contributed by atoms with Crippen molar-refractivity contribution in [2.24, 2.45) is 0 Å². The van der Waals surface area contributed by atoms with Crippen LogP contribution in [0.15, 0.2) is 29.2 Å². The normalized spacial score (nSPS) is 14.3. The van der Waals surface area contributed by atoms with Gasteiger partial charge in [-0.25, -0.2) is 0 Å². The maximum absolute atomic E-state index is 12.6. The summed E-state index contributed by atoms with van der Waals surface area (Å²) in [5.41, 5.74) is 1.03. The topological polar surface area (TPSA) is 43.8 Å². The zero-order valence-corrected chi connectivity index (χ0v) is 13.4. The first kappa shape index (κ1) is 16.3. The highest BCUT2D eigenvalue weighted by Gasteiger charge is 2.23. The number of aliphatic hydroxyl groups is 1. The molecule has 1 amide bonds. The van der Waals surface area contributed by atoms with Crippen molar-refractivity contribution in [1.29, 1.82) is 0 Å². The molecule has 0 atom stereocenters. The van der Waals surface area contributed by atoms with Crippen molar-refractivity contribution >= 4 is 23.4 Å². The van der Waals surface area contributed by atoms with Crippen molar-refractivity contribution in [3.63, 3.8) is 0 Å². The van der Waals surface area contributed by atoms with Crippen LogP contribution < -0.4 is 4.90 Å². The first-order valence-electron chi connectivity index (χ1n) is 7.61. The molecule has 0 aromatic heterocycles. The van der Waals surface area contributed by atoms with Gasteiger partial charge in [0, 0.05) is 23.7 Å². The Kier molecular flexibility index (Phi) is 6.54. The summed E-state index contributed by atoms with van der Waals surface area (Å²) in [6.07, 6.45) is 2.15. The molecule has 0 radical (unpaired) electrons. The number of amides is 1. The Morgan fingerprint density at radius 3 is 2.95 bits per heavy atom. The van der Waals surface area contributed by atoms with E-state index >= 15 is 0 Å². The van der Waals surface area contributed by atoms with Crippen LogP contribution in [0.3, 0.4) is 0 Å². The van der Waals surface area contributed by atoms with E-state index in [0.717, 1.165) is 37.4 Å². The molecule has 1 heterocycles. The van der Waals surface area contributed by atoms with Gasteiger partial charge < -0.3 is 10.0 Å². The van der Waals surface area contributed by atoms with Crippen LogP contribution in [0.5, 0.6) is 0 Å². The van der Waals surface area contributed by atoms with E-state index in [1.807, 2.05) is 23.1 Å². The third kappa shape index (κ3) is 4.46. The molecule has 0 saturated heterocycles. The largest absolute Gasteiger partial charge is 0.395 e. The molecule has 1 aliphatic rings. The highest BCUT2D eigenvalue weighted by molar-refractivity contribution is 7.99. The minimum Gasteiger partial charge on any atom is -0.395 e. The number of nitrogens with zero attached hydrogens (tertiary/aromatic N) is 2. The molecule has 5 heteroatoms. The van der Waals surface area contributed by atoms with E-state index < -0.39 is 0 Å². The molecule has 21 heavy (non-hydrogen) atoms. The van der Waals surface area contributed by atoms with Crippen molar-refractivity contribution in [2.75, 3.05) is 43.4 Å². The second-order valence-corrected chi connectivity index (χ2v) is 6.35. The van der Waals surface area contributed by atoms with Gasteiger partial charge in [0.1, 0.15) is 0 Å². The zero-order chi connectivity index (χ0) is 15.1. The number of para-hydroxylation sites is 1. The SMILES string of the molecule is CCCCN(CCO)CC(=O)N1CCSc2ccccc21. The lowest BCUT2D eigenvalue weighted by atomic mass is 10.2. The van der Waals surface area contributed by atoms with Gasteiger partial charge in [0.2, 0.25) is 5.91 Å². The predicted molar refractivity (Wildman–Crippen MR) is 88.0 cm³/mol. The second-order valence-electron chi connectivity index (χ2n) is 5.21. The quantitative estimate of drug-likeness (QED) is 0.839. The van der Waals surface area contributed by atoms with Crippen LogP contribution in [0.4, 0.5) is 5.69 Å². The maximum Gasteiger partial charge on any atom is 0.241 e. The highest BCUT2D eigenvalue weighted by Crippen LogP contribution is 2.34. The first-order valence-corrected chi connectivity index (χ1v) is 8.60. The summed E-state index contributed by atoms with van der Waals surface area (Å²) in [4.78, 5) is 17.7. The number of unbranched alkanes of at least 4 members (excludes halogenated alkanes) is 1. The number of hydrogen-bond donors (Lipinski definition) is 1. The zero-order valence-electron chi connectivity index (χ0n) is 12.6. The summed E-state index contributed by atoms with van der Waals surface area (Å²) in [6.45, 7) is 4.82. The molecule has 1 aromatic carbocycles. The van der Waals surface area contributed by atoms with Gasteiger partial charge in [-0.3, -0.25) is 9.69 Å². The van der Waals surface area contributed by atoms with Crippen LogP contribution in [-0.4, -0.2) is 54.5 Å². The van der Waals surface area contributed by atoms with Crippen LogP contribution >= 0.6 is 11.8 Å². The molecule has 0 unspecified atom stereocenters. The van der Waals surface area contributed by atoms with Crippen LogP contribution in [0.2, 0.25) is 0 Å². The predicted octanol–water partition coefficient (Wildman–Crippen LogP) is 2.22.